The lowest BCUT2D eigenvalue weighted by atomic mass is 10.0. The maximum absolute atomic E-state index is 11.4. The molecule has 110 valence electrons. The van der Waals surface area contributed by atoms with Gasteiger partial charge in [-0.3, -0.25) is 0 Å². The molecule has 4 heteroatoms. The van der Waals surface area contributed by atoms with E-state index >= 15 is 0 Å². The minimum atomic E-state index is -0.983. The van der Waals surface area contributed by atoms with Gasteiger partial charge in [0.2, 0.25) is 0 Å². The number of benzene rings is 2. The SMILES string of the molecule is Cc1ccc(C[C@@H](Oc2ccc(Cl)cc2)C(=O)O)cc1C. The second kappa shape index (κ2) is 6.64. The maximum Gasteiger partial charge on any atom is 0.345 e. The van der Waals surface area contributed by atoms with E-state index in [1.807, 2.05) is 32.0 Å². The highest BCUT2D eigenvalue weighted by molar-refractivity contribution is 6.30. The van der Waals surface area contributed by atoms with Crippen molar-refractivity contribution in [3.8, 4) is 5.75 Å². The third-order valence-electron chi connectivity index (χ3n) is 3.36. The van der Waals surface area contributed by atoms with Crippen LogP contribution >= 0.6 is 11.6 Å². The summed E-state index contributed by atoms with van der Waals surface area (Å²) in [5, 5.41) is 9.91. The van der Waals surface area contributed by atoms with Gasteiger partial charge in [0.05, 0.1) is 0 Å². The van der Waals surface area contributed by atoms with Crippen LogP contribution in [0.3, 0.4) is 0 Å². The van der Waals surface area contributed by atoms with Crippen LogP contribution in [0.15, 0.2) is 42.5 Å². The van der Waals surface area contributed by atoms with Crippen LogP contribution in [0.25, 0.3) is 0 Å². The molecule has 0 radical (unpaired) electrons. The molecule has 0 saturated heterocycles. The molecule has 3 nitrogen and oxygen atoms in total. The smallest absolute Gasteiger partial charge is 0.345 e. The second-order valence-corrected chi connectivity index (χ2v) is 5.46. The monoisotopic (exact) mass is 304 g/mol. The van der Waals surface area contributed by atoms with Gasteiger partial charge in [0.15, 0.2) is 6.10 Å². The Balaban J connectivity index is 2.13. The lowest BCUT2D eigenvalue weighted by molar-refractivity contribution is -0.145. The van der Waals surface area contributed by atoms with Gasteiger partial charge in [0.25, 0.3) is 0 Å². The van der Waals surface area contributed by atoms with Crippen molar-refractivity contribution in [3.63, 3.8) is 0 Å². The Morgan fingerprint density at radius 3 is 2.38 bits per heavy atom. The molecule has 2 aromatic rings. The van der Waals surface area contributed by atoms with Gasteiger partial charge in [0, 0.05) is 11.4 Å². The molecule has 0 spiro atoms. The first-order valence-corrected chi connectivity index (χ1v) is 7.04. The van der Waals surface area contributed by atoms with Crippen molar-refractivity contribution in [2.45, 2.75) is 26.4 Å². The van der Waals surface area contributed by atoms with Crippen molar-refractivity contribution in [1.82, 2.24) is 0 Å². The topological polar surface area (TPSA) is 46.5 Å². The Kier molecular flexibility index (Phi) is 4.86. The summed E-state index contributed by atoms with van der Waals surface area (Å²) in [7, 11) is 0. The van der Waals surface area contributed by atoms with Crippen LogP contribution < -0.4 is 4.74 Å². The van der Waals surface area contributed by atoms with E-state index in [9.17, 15) is 9.90 Å². The Labute approximate surface area is 129 Å². The van der Waals surface area contributed by atoms with Crippen LogP contribution in [-0.4, -0.2) is 17.2 Å². The fraction of sp³-hybridized carbons (Fsp3) is 0.235. The van der Waals surface area contributed by atoms with Crippen molar-refractivity contribution in [2.75, 3.05) is 0 Å². The van der Waals surface area contributed by atoms with E-state index in [1.165, 1.54) is 5.56 Å². The number of aryl methyl sites for hydroxylation is 2. The molecule has 0 unspecified atom stereocenters. The average molecular weight is 305 g/mol. The largest absolute Gasteiger partial charge is 0.478 e. The number of hydrogen-bond donors (Lipinski definition) is 1. The molecule has 0 amide bonds. The first-order valence-electron chi connectivity index (χ1n) is 6.67. The summed E-state index contributed by atoms with van der Waals surface area (Å²) in [6.07, 6.45) is -0.604. The predicted octanol–water partition coefficient (Wildman–Crippen LogP) is 4.03. The summed E-state index contributed by atoms with van der Waals surface area (Å²) in [6.45, 7) is 4.03. The number of rotatable bonds is 5. The van der Waals surface area contributed by atoms with Crippen molar-refractivity contribution in [3.05, 3.63) is 64.2 Å². The molecule has 0 bridgehead atoms. The van der Waals surface area contributed by atoms with Gasteiger partial charge in [-0.1, -0.05) is 29.8 Å². The molecule has 0 heterocycles. The summed E-state index contributed by atoms with van der Waals surface area (Å²) < 4.78 is 5.55. The van der Waals surface area contributed by atoms with Crippen molar-refractivity contribution < 1.29 is 14.6 Å². The highest BCUT2D eigenvalue weighted by Gasteiger charge is 2.20. The van der Waals surface area contributed by atoms with Gasteiger partial charge >= 0.3 is 5.97 Å². The fourth-order valence-electron chi connectivity index (χ4n) is 2.00. The second-order valence-electron chi connectivity index (χ2n) is 5.02. The van der Waals surface area contributed by atoms with Gasteiger partial charge in [-0.05, 0) is 54.8 Å². The zero-order valence-corrected chi connectivity index (χ0v) is 12.7. The number of aliphatic carboxylic acids is 1. The third-order valence-corrected chi connectivity index (χ3v) is 3.61. The van der Waals surface area contributed by atoms with E-state index in [0.29, 0.717) is 17.2 Å². The number of carboxylic acid groups (broad SMARTS) is 1. The third kappa shape index (κ3) is 4.23. The molecule has 1 N–H and O–H groups in total. The van der Waals surface area contributed by atoms with Crippen molar-refractivity contribution >= 4 is 17.6 Å². The van der Waals surface area contributed by atoms with E-state index in [2.05, 4.69) is 0 Å². The molecule has 0 aromatic heterocycles. The molecule has 2 rings (SSSR count). The van der Waals surface area contributed by atoms with Gasteiger partial charge in [-0.2, -0.15) is 0 Å². The van der Waals surface area contributed by atoms with E-state index in [-0.39, 0.29) is 0 Å². The van der Waals surface area contributed by atoms with Crippen LogP contribution in [0.4, 0.5) is 0 Å². The average Bonchev–Trinajstić information content (AvgIpc) is 2.44. The van der Waals surface area contributed by atoms with Gasteiger partial charge in [-0.25, -0.2) is 4.79 Å². The molecule has 2 aromatic carbocycles. The summed E-state index contributed by atoms with van der Waals surface area (Å²) in [4.78, 5) is 11.4. The number of ether oxygens (including phenoxy) is 1. The molecule has 0 aliphatic heterocycles. The Bertz CT molecular complexity index is 635. The number of carbonyl (C=O) groups is 1. The van der Waals surface area contributed by atoms with Crippen LogP contribution in [0, 0.1) is 13.8 Å². The normalized spacial score (nSPS) is 12.0. The van der Waals surface area contributed by atoms with E-state index < -0.39 is 12.1 Å². The zero-order chi connectivity index (χ0) is 15.4. The summed E-state index contributed by atoms with van der Waals surface area (Å²) in [6, 6.07) is 12.6. The summed E-state index contributed by atoms with van der Waals surface area (Å²) in [5.41, 5.74) is 3.27. The lowest BCUT2D eigenvalue weighted by Gasteiger charge is -2.16. The summed E-state index contributed by atoms with van der Waals surface area (Å²) >= 11 is 5.80. The number of halogens is 1. The molecule has 0 aliphatic rings. The minimum absolute atomic E-state index is 0.319. The Morgan fingerprint density at radius 2 is 1.81 bits per heavy atom. The quantitative estimate of drug-likeness (QED) is 0.907. The summed E-state index contributed by atoms with van der Waals surface area (Å²) in [5.74, 6) is -0.487. The molecule has 0 saturated carbocycles. The highest BCUT2D eigenvalue weighted by Crippen LogP contribution is 2.19. The first-order chi connectivity index (χ1) is 9.95. The molecule has 0 fully saturated rings. The molecular formula is C17H17ClO3. The molecule has 21 heavy (non-hydrogen) atoms. The Hall–Kier alpha value is -2.00. The molecular weight excluding hydrogens is 288 g/mol. The van der Waals surface area contributed by atoms with Gasteiger partial charge in [0.1, 0.15) is 5.75 Å². The van der Waals surface area contributed by atoms with Crippen LogP contribution in [0.2, 0.25) is 5.02 Å². The van der Waals surface area contributed by atoms with Crippen LogP contribution in [0.5, 0.6) is 5.75 Å². The van der Waals surface area contributed by atoms with Crippen LogP contribution in [0.1, 0.15) is 16.7 Å². The van der Waals surface area contributed by atoms with E-state index in [4.69, 9.17) is 16.3 Å². The fourth-order valence-corrected chi connectivity index (χ4v) is 2.13. The van der Waals surface area contributed by atoms with Gasteiger partial charge < -0.3 is 9.84 Å². The number of carboxylic acids is 1. The number of hydrogen-bond acceptors (Lipinski definition) is 2. The van der Waals surface area contributed by atoms with E-state index in [1.54, 1.807) is 24.3 Å². The highest BCUT2D eigenvalue weighted by atomic mass is 35.5. The van der Waals surface area contributed by atoms with Gasteiger partial charge in [-0.15, -0.1) is 0 Å². The lowest BCUT2D eigenvalue weighted by Crippen LogP contribution is -2.29. The van der Waals surface area contributed by atoms with Crippen molar-refractivity contribution in [1.29, 1.82) is 0 Å². The molecule has 0 aliphatic carbocycles. The van der Waals surface area contributed by atoms with Crippen molar-refractivity contribution in [2.24, 2.45) is 0 Å². The molecule has 1 atom stereocenters. The predicted molar refractivity (Wildman–Crippen MR) is 83.1 cm³/mol. The maximum atomic E-state index is 11.4. The Morgan fingerprint density at radius 1 is 1.14 bits per heavy atom. The van der Waals surface area contributed by atoms with Crippen LogP contribution in [-0.2, 0) is 11.2 Å². The van der Waals surface area contributed by atoms with E-state index in [0.717, 1.165) is 11.1 Å². The standard InChI is InChI=1S/C17H17ClO3/c1-11-3-4-13(9-12(11)2)10-16(17(19)20)21-15-7-5-14(18)6-8-15/h3-9,16H,10H2,1-2H3,(H,19,20)/t16-/m1/s1. The first kappa shape index (κ1) is 15.4. The minimum Gasteiger partial charge on any atom is -0.478 e. The zero-order valence-electron chi connectivity index (χ0n) is 12.0.